The van der Waals surface area contributed by atoms with Crippen LogP contribution in [0.3, 0.4) is 0 Å². The van der Waals surface area contributed by atoms with Gasteiger partial charge in [-0.05, 0) is 48.7 Å². The highest BCUT2D eigenvalue weighted by atomic mass is 19.1. The maximum atomic E-state index is 13.5. The predicted molar refractivity (Wildman–Crippen MR) is 129 cm³/mol. The van der Waals surface area contributed by atoms with Crippen LogP contribution < -0.4 is 5.32 Å². The molecule has 1 fully saturated rings. The number of hydrogen-bond acceptors (Lipinski definition) is 4. The molecule has 1 atom stereocenters. The molecule has 35 heavy (non-hydrogen) atoms. The molecule has 0 unspecified atom stereocenters. The van der Waals surface area contributed by atoms with Crippen molar-refractivity contribution in [2.45, 2.75) is 18.8 Å². The van der Waals surface area contributed by atoms with Crippen molar-refractivity contribution >= 4 is 17.5 Å². The lowest BCUT2D eigenvalue weighted by Gasteiger charge is -2.33. The van der Waals surface area contributed by atoms with E-state index in [0.29, 0.717) is 24.3 Å². The molecule has 4 aromatic rings. The number of rotatable bonds is 5. The quantitative estimate of drug-likeness (QED) is 0.455. The van der Waals surface area contributed by atoms with Gasteiger partial charge in [-0.15, -0.1) is 0 Å². The van der Waals surface area contributed by atoms with Gasteiger partial charge in [-0.25, -0.2) is 4.39 Å². The van der Waals surface area contributed by atoms with Crippen LogP contribution in [-0.4, -0.2) is 49.8 Å². The topological polar surface area (TPSA) is 95.9 Å². The van der Waals surface area contributed by atoms with E-state index in [9.17, 15) is 14.0 Å². The molecule has 9 heteroatoms. The molecule has 8 nitrogen and oxygen atoms in total. The lowest BCUT2D eigenvalue weighted by molar-refractivity contribution is 0.0707. The van der Waals surface area contributed by atoms with Gasteiger partial charge in [0.25, 0.3) is 11.8 Å². The zero-order valence-corrected chi connectivity index (χ0v) is 19.2. The minimum atomic E-state index is -0.372. The van der Waals surface area contributed by atoms with Crippen LogP contribution in [0, 0.1) is 5.82 Å². The first-order valence-corrected chi connectivity index (χ1v) is 11.5. The standard InChI is InChI=1S/C26H25FN6O2/c1-32-14-12-23(31-32)25(34)29-22-7-3-2-6-20(22)26(35)33-13-4-5-18(16-33)24-21(15-28-30-24)17-8-10-19(27)11-9-17/h2-3,6-12,14-15,18H,4-5,13,16H2,1H3,(H,28,30)(H,29,34)/t18-/m1/s1. The van der Waals surface area contributed by atoms with Gasteiger partial charge >= 0.3 is 0 Å². The van der Waals surface area contributed by atoms with Gasteiger partial charge in [-0.3, -0.25) is 19.4 Å². The number of aryl methyl sites for hydroxylation is 1. The van der Waals surface area contributed by atoms with E-state index in [0.717, 1.165) is 29.7 Å². The fraction of sp³-hybridized carbons (Fsp3) is 0.231. The number of nitrogens with one attached hydrogen (secondary N) is 2. The molecule has 1 aliphatic heterocycles. The third kappa shape index (κ3) is 4.70. The summed E-state index contributed by atoms with van der Waals surface area (Å²) < 4.78 is 14.9. The summed E-state index contributed by atoms with van der Waals surface area (Å²) in [6.45, 7) is 1.13. The molecule has 0 spiro atoms. The number of H-pyrrole nitrogens is 1. The van der Waals surface area contributed by atoms with Gasteiger partial charge in [0.15, 0.2) is 5.69 Å². The Morgan fingerprint density at radius 2 is 1.91 bits per heavy atom. The van der Waals surface area contributed by atoms with Crippen LogP contribution in [0.1, 0.15) is 45.3 Å². The number of carbonyl (C=O) groups excluding carboxylic acids is 2. The van der Waals surface area contributed by atoms with Crippen molar-refractivity contribution in [3.05, 3.63) is 89.8 Å². The lowest BCUT2D eigenvalue weighted by atomic mass is 9.90. The van der Waals surface area contributed by atoms with E-state index in [1.165, 1.54) is 12.1 Å². The van der Waals surface area contributed by atoms with E-state index in [1.807, 2.05) is 4.90 Å². The normalized spacial score (nSPS) is 15.7. The average molecular weight is 473 g/mol. The fourth-order valence-electron chi connectivity index (χ4n) is 4.54. The zero-order valence-electron chi connectivity index (χ0n) is 19.2. The monoisotopic (exact) mass is 472 g/mol. The number of aromatic amines is 1. The second kappa shape index (κ2) is 9.54. The number of benzene rings is 2. The Bertz CT molecular complexity index is 1360. The van der Waals surface area contributed by atoms with Crippen molar-refractivity contribution in [3.8, 4) is 11.1 Å². The Kier molecular flexibility index (Phi) is 6.13. The SMILES string of the molecule is Cn1ccc(C(=O)Nc2ccccc2C(=O)N2CCC[C@@H](c3[nH]ncc3-c3ccc(F)cc3)C2)n1. The largest absolute Gasteiger partial charge is 0.338 e. The molecule has 3 heterocycles. The molecular formula is C26H25FN6O2. The van der Waals surface area contributed by atoms with Crippen molar-refractivity contribution < 1.29 is 14.0 Å². The van der Waals surface area contributed by atoms with Gasteiger partial charge in [-0.1, -0.05) is 24.3 Å². The summed E-state index contributed by atoms with van der Waals surface area (Å²) in [5, 5.41) is 14.3. The van der Waals surface area contributed by atoms with E-state index in [4.69, 9.17) is 0 Å². The number of carbonyl (C=O) groups is 2. The molecule has 2 N–H and O–H groups in total. The van der Waals surface area contributed by atoms with Gasteiger partial charge in [0.05, 0.1) is 17.4 Å². The predicted octanol–water partition coefficient (Wildman–Crippen LogP) is 4.22. The lowest BCUT2D eigenvalue weighted by Crippen LogP contribution is -2.39. The second-order valence-corrected chi connectivity index (χ2v) is 8.67. The third-order valence-electron chi connectivity index (χ3n) is 6.29. The molecule has 0 radical (unpaired) electrons. The van der Waals surface area contributed by atoms with E-state index in [1.54, 1.807) is 66.6 Å². The maximum Gasteiger partial charge on any atom is 0.276 e. The minimum Gasteiger partial charge on any atom is -0.338 e. The van der Waals surface area contributed by atoms with Crippen molar-refractivity contribution in [3.63, 3.8) is 0 Å². The highest BCUT2D eigenvalue weighted by molar-refractivity contribution is 6.08. The molecule has 0 bridgehead atoms. The second-order valence-electron chi connectivity index (χ2n) is 8.67. The maximum absolute atomic E-state index is 13.5. The van der Waals surface area contributed by atoms with Crippen LogP contribution in [0.25, 0.3) is 11.1 Å². The van der Waals surface area contributed by atoms with E-state index >= 15 is 0 Å². The average Bonchev–Trinajstić information content (AvgIpc) is 3.54. The Morgan fingerprint density at radius 3 is 2.69 bits per heavy atom. The minimum absolute atomic E-state index is 0.0607. The van der Waals surface area contributed by atoms with Crippen LogP contribution in [0.15, 0.2) is 67.0 Å². The Morgan fingerprint density at radius 1 is 1.11 bits per heavy atom. The Hall–Kier alpha value is -4.27. The number of anilines is 1. The molecule has 178 valence electrons. The number of likely N-dealkylation sites (tertiary alicyclic amines) is 1. The fourth-order valence-corrected chi connectivity index (χ4v) is 4.54. The molecule has 1 aliphatic rings. The van der Waals surface area contributed by atoms with Crippen molar-refractivity contribution in [1.82, 2.24) is 24.9 Å². The summed E-state index contributed by atoms with van der Waals surface area (Å²) >= 11 is 0. The first-order valence-electron chi connectivity index (χ1n) is 11.5. The number of aromatic nitrogens is 4. The summed E-state index contributed by atoms with van der Waals surface area (Å²) in [6, 6.07) is 15.0. The van der Waals surface area contributed by atoms with Crippen LogP contribution in [-0.2, 0) is 7.05 Å². The highest BCUT2D eigenvalue weighted by Gasteiger charge is 2.29. The molecular weight excluding hydrogens is 447 g/mol. The molecule has 2 aromatic carbocycles. The van der Waals surface area contributed by atoms with Crippen molar-refractivity contribution in [2.24, 2.45) is 7.05 Å². The number of hydrogen-bond donors (Lipinski definition) is 2. The van der Waals surface area contributed by atoms with Gasteiger partial charge in [0.1, 0.15) is 5.82 Å². The highest BCUT2D eigenvalue weighted by Crippen LogP contribution is 2.34. The van der Waals surface area contributed by atoms with Crippen LogP contribution in [0.2, 0.25) is 0 Å². The molecule has 2 aromatic heterocycles. The summed E-state index contributed by atoms with van der Waals surface area (Å²) in [6.07, 6.45) is 5.17. The molecule has 2 amide bonds. The first-order chi connectivity index (χ1) is 17.0. The summed E-state index contributed by atoms with van der Waals surface area (Å²) in [5.41, 5.74) is 3.88. The van der Waals surface area contributed by atoms with Crippen LogP contribution in [0.5, 0.6) is 0 Å². The van der Waals surface area contributed by atoms with Gasteiger partial charge in [0, 0.05) is 43.5 Å². The number of para-hydroxylation sites is 1. The Labute approximate surface area is 201 Å². The smallest absolute Gasteiger partial charge is 0.276 e. The third-order valence-corrected chi connectivity index (χ3v) is 6.29. The summed E-state index contributed by atoms with van der Waals surface area (Å²) in [7, 11) is 1.74. The van der Waals surface area contributed by atoms with Crippen molar-refractivity contribution in [1.29, 1.82) is 0 Å². The molecule has 5 rings (SSSR count). The van der Waals surface area contributed by atoms with E-state index < -0.39 is 0 Å². The van der Waals surface area contributed by atoms with E-state index in [-0.39, 0.29) is 29.2 Å². The molecule has 1 saturated heterocycles. The van der Waals surface area contributed by atoms with Crippen LogP contribution >= 0.6 is 0 Å². The van der Waals surface area contributed by atoms with Gasteiger partial charge in [-0.2, -0.15) is 10.2 Å². The van der Waals surface area contributed by atoms with Crippen molar-refractivity contribution in [2.75, 3.05) is 18.4 Å². The number of halogens is 1. The Balaban J connectivity index is 1.35. The molecule has 0 saturated carbocycles. The summed E-state index contributed by atoms with van der Waals surface area (Å²) in [5.74, 6) is -0.745. The van der Waals surface area contributed by atoms with E-state index in [2.05, 4.69) is 20.6 Å². The zero-order chi connectivity index (χ0) is 24.4. The number of nitrogens with zero attached hydrogens (tertiary/aromatic N) is 4. The summed E-state index contributed by atoms with van der Waals surface area (Å²) in [4.78, 5) is 28.0. The number of piperidine rings is 1. The molecule has 0 aliphatic carbocycles. The van der Waals surface area contributed by atoms with Gasteiger partial charge < -0.3 is 10.2 Å². The van der Waals surface area contributed by atoms with Crippen LogP contribution in [0.4, 0.5) is 10.1 Å². The van der Waals surface area contributed by atoms with Gasteiger partial charge in [0.2, 0.25) is 0 Å². The number of amides is 2. The first kappa shape index (κ1) is 22.5.